The molecule has 0 atom stereocenters. The highest BCUT2D eigenvalue weighted by Gasteiger charge is 2.03. The van der Waals surface area contributed by atoms with Crippen molar-refractivity contribution in [2.24, 2.45) is 0 Å². The maximum absolute atomic E-state index is 11.0. The van der Waals surface area contributed by atoms with Gasteiger partial charge in [-0.05, 0) is 24.7 Å². The van der Waals surface area contributed by atoms with Crippen LogP contribution in [0.1, 0.15) is 15.9 Å². The second kappa shape index (κ2) is 4.62. The molecule has 3 heteroatoms. The number of rotatable bonds is 3. The molecule has 0 aliphatic carbocycles. The highest BCUT2D eigenvalue weighted by atomic mass is 16.5. The number of hydrogen-bond acceptors (Lipinski definition) is 3. The summed E-state index contributed by atoms with van der Waals surface area (Å²) in [6.07, 6.45) is 0. The number of methoxy groups -OCH3 is 1. The van der Waals surface area contributed by atoms with Gasteiger partial charge in [-0.2, -0.15) is 0 Å². The molecule has 0 saturated heterocycles. The summed E-state index contributed by atoms with van der Waals surface area (Å²) in [6.45, 7) is 0.807. The van der Waals surface area contributed by atoms with Crippen LogP contribution in [0, 0.1) is 0 Å². The fraction of sp³-hybridized carbons (Fsp3) is 0.300. The highest BCUT2D eigenvalue weighted by molar-refractivity contribution is 5.89. The molecule has 1 N–H and O–H groups in total. The van der Waals surface area contributed by atoms with Crippen molar-refractivity contribution in [2.45, 2.75) is 6.54 Å². The van der Waals surface area contributed by atoms with Gasteiger partial charge >= 0.3 is 5.97 Å². The summed E-state index contributed by atoms with van der Waals surface area (Å²) in [7, 11) is 3.26. The Morgan fingerprint density at radius 3 is 2.46 bits per heavy atom. The minimum Gasteiger partial charge on any atom is -0.465 e. The maximum Gasteiger partial charge on any atom is 0.337 e. The number of carbonyl (C=O) groups excluding carboxylic acids is 1. The van der Waals surface area contributed by atoms with E-state index in [2.05, 4.69) is 10.1 Å². The minimum atomic E-state index is -0.295. The number of esters is 1. The average Bonchev–Trinajstić information content (AvgIpc) is 2.18. The fourth-order valence-corrected chi connectivity index (χ4v) is 1.08. The first-order valence-corrected chi connectivity index (χ1v) is 4.09. The normalized spacial score (nSPS) is 9.69. The Balaban J connectivity index is 2.75. The van der Waals surface area contributed by atoms with Crippen LogP contribution >= 0.6 is 0 Å². The van der Waals surface area contributed by atoms with E-state index in [0.717, 1.165) is 12.1 Å². The van der Waals surface area contributed by atoms with Gasteiger partial charge in [-0.3, -0.25) is 0 Å². The lowest BCUT2D eigenvalue weighted by molar-refractivity contribution is 0.0600. The van der Waals surface area contributed by atoms with Crippen LogP contribution in [-0.2, 0) is 11.3 Å². The van der Waals surface area contributed by atoms with Crippen molar-refractivity contribution in [1.82, 2.24) is 5.32 Å². The van der Waals surface area contributed by atoms with Crippen molar-refractivity contribution in [3.05, 3.63) is 35.4 Å². The Kier molecular flexibility index (Phi) is 3.46. The Labute approximate surface area is 77.7 Å². The molecular formula is C10H13NO2. The van der Waals surface area contributed by atoms with E-state index in [9.17, 15) is 4.79 Å². The first kappa shape index (κ1) is 9.74. The van der Waals surface area contributed by atoms with Crippen LogP contribution in [0.15, 0.2) is 24.3 Å². The van der Waals surface area contributed by atoms with Crippen molar-refractivity contribution < 1.29 is 9.53 Å². The van der Waals surface area contributed by atoms with Crippen LogP contribution in [0.3, 0.4) is 0 Å². The van der Waals surface area contributed by atoms with E-state index in [1.165, 1.54) is 7.11 Å². The van der Waals surface area contributed by atoms with Gasteiger partial charge in [0.15, 0.2) is 0 Å². The second-order valence-electron chi connectivity index (χ2n) is 2.72. The van der Waals surface area contributed by atoms with E-state index in [-0.39, 0.29) is 5.97 Å². The summed E-state index contributed by atoms with van der Waals surface area (Å²) in [5, 5.41) is 3.03. The summed E-state index contributed by atoms with van der Waals surface area (Å²) in [5.74, 6) is -0.295. The van der Waals surface area contributed by atoms with E-state index in [1.54, 1.807) is 12.1 Å². The number of carbonyl (C=O) groups is 1. The summed E-state index contributed by atoms with van der Waals surface area (Å²) in [5.41, 5.74) is 1.73. The quantitative estimate of drug-likeness (QED) is 0.708. The highest BCUT2D eigenvalue weighted by Crippen LogP contribution is 2.05. The molecule has 1 aromatic rings. The largest absolute Gasteiger partial charge is 0.465 e. The zero-order valence-corrected chi connectivity index (χ0v) is 7.83. The lowest BCUT2D eigenvalue weighted by atomic mass is 10.1. The topological polar surface area (TPSA) is 38.3 Å². The van der Waals surface area contributed by atoms with E-state index < -0.39 is 0 Å². The zero-order valence-electron chi connectivity index (χ0n) is 7.83. The van der Waals surface area contributed by atoms with Crippen LogP contribution in [-0.4, -0.2) is 20.1 Å². The van der Waals surface area contributed by atoms with Crippen LogP contribution in [0.4, 0.5) is 0 Å². The lowest BCUT2D eigenvalue weighted by Crippen LogP contribution is -2.06. The number of nitrogens with one attached hydrogen (secondary N) is 1. The SMILES string of the molecule is CNCc1ccc(C(=O)OC)cc1. The molecule has 1 aromatic carbocycles. The van der Waals surface area contributed by atoms with Crippen molar-refractivity contribution in [1.29, 1.82) is 0 Å². The zero-order chi connectivity index (χ0) is 9.68. The van der Waals surface area contributed by atoms with Crippen molar-refractivity contribution in [3.63, 3.8) is 0 Å². The van der Waals surface area contributed by atoms with Gasteiger partial charge in [0.1, 0.15) is 0 Å². The van der Waals surface area contributed by atoms with Gasteiger partial charge in [0, 0.05) is 6.54 Å². The summed E-state index contributed by atoms with van der Waals surface area (Å²) in [6, 6.07) is 7.34. The molecule has 0 fully saturated rings. The third-order valence-electron chi connectivity index (χ3n) is 1.76. The van der Waals surface area contributed by atoms with E-state index in [4.69, 9.17) is 0 Å². The molecule has 0 bridgehead atoms. The first-order valence-electron chi connectivity index (χ1n) is 4.09. The third kappa shape index (κ3) is 2.56. The van der Waals surface area contributed by atoms with Crippen molar-refractivity contribution in [3.8, 4) is 0 Å². The molecule has 3 nitrogen and oxygen atoms in total. The average molecular weight is 179 g/mol. The lowest BCUT2D eigenvalue weighted by Gasteiger charge is -2.01. The van der Waals surface area contributed by atoms with Gasteiger partial charge in [-0.15, -0.1) is 0 Å². The molecule has 0 unspecified atom stereocenters. The molecule has 0 aliphatic rings. The Morgan fingerprint density at radius 2 is 2.00 bits per heavy atom. The fourth-order valence-electron chi connectivity index (χ4n) is 1.08. The molecule has 0 aromatic heterocycles. The third-order valence-corrected chi connectivity index (χ3v) is 1.76. The second-order valence-corrected chi connectivity index (χ2v) is 2.72. The van der Waals surface area contributed by atoms with Crippen LogP contribution in [0.5, 0.6) is 0 Å². The van der Waals surface area contributed by atoms with Gasteiger partial charge in [-0.25, -0.2) is 4.79 Å². The molecule has 13 heavy (non-hydrogen) atoms. The molecule has 0 radical (unpaired) electrons. The predicted octanol–water partition coefficient (Wildman–Crippen LogP) is 1.19. The maximum atomic E-state index is 11.0. The van der Waals surface area contributed by atoms with E-state index in [0.29, 0.717) is 5.56 Å². The van der Waals surface area contributed by atoms with Gasteiger partial charge in [0.25, 0.3) is 0 Å². The van der Waals surface area contributed by atoms with Crippen LogP contribution in [0.2, 0.25) is 0 Å². The molecule has 0 saturated carbocycles. The van der Waals surface area contributed by atoms with Gasteiger partial charge in [0.2, 0.25) is 0 Å². The molecule has 0 aliphatic heterocycles. The van der Waals surface area contributed by atoms with Gasteiger partial charge < -0.3 is 10.1 Å². The monoisotopic (exact) mass is 179 g/mol. The van der Waals surface area contributed by atoms with Gasteiger partial charge in [0.05, 0.1) is 12.7 Å². The Morgan fingerprint density at radius 1 is 1.38 bits per heavy atom. The summed E-state index contributed by atoms with van der Waals surface area (Å²) < 4.78 is 4.58. The molecule has 1 rings (SSSR count). The predicted molar refractivity (Wildman–Crippen MR) is 50.5 cm³/mol. The molecule has 0 spiro atoms. The molecular weight excluding hydrogens is 166 g/mol. The number of hydrogen-bond donors (Lipinski definition) is 1. The molecule has 70 valence electrons. The smallest absolute Gasteiger partial charge is 0.337 e. The number of benzene rings is 1. The van der Waals surface area contributed by atoms with Crippen LogP contribution in [0.25, 0.3) is 0 Å². The van der Waals surface area contributed by atoms with Crippen molar-refractivity contribution in [2.75, 3.05) is 14.2 Å². The minimum absolute atomic E-state index is 0.295. The molecule has 0 heterocycles. The number of ether oxygens (including phenoxy) is 1. The summed E-state index contributed by atoms with van der Waals surface area (Å²) in [4.78, 5) is 11.0. The van der Waals surface area contributed by atoms with Crippen molar-refractivity contribution >= 4 is 5.97 Å². The first-order chi connectivity index (χ1) is 6.27. The van der Waals surface area contributed by atoms with Crippen LogP contribution < -0.4 is 5.32 Å². The molecule has 0 amide bonds. The standard InChI is InChI=1S/C10H13NO2/c1-11-7-8-3-5-9(6-4-8)10(12)13-2/h3-6,11H,7H2,1-2H3. The Bertz CT molecular complexity index is 279. The van der Waals surface area contributed by atoms with E-state index >= 15 is 0 Å². The summed E-state index contributed by atoms with van der Waals surface area (Å²) >= 11 is 0. The van der Waals surface area contributed by atoms with Gasteiger partial charge in [-0.1, -0.05) is 12.1 Å². The van der Waals surface area contributed by atoms with E-state index in [1.807, 2.05) is 19.2 Å². The Hall–Kier alpha value is -1.35.